The number of halogens is 1. The number of methoxy groups -OCH3 is 1. The highest BCUT2D eigenvalue weighted by Gasteiger charge is 2.34. The molecular formula is C29H25FN2O3. The fraction of sp³-hybridized carbons (Fsp3) is 0.138. The lowest BCUT2D eigenvalue weighted by molar-refractivity contribution is 0.0975. The van der Waals surface area contributed by atoms with Crippen molar-refractivity contribution in [3.8, 4) is 11.5 Å². The molecule has 1 N–H and O–H groups in total. The number of carbonyl (C=O) groups is 1. The first-order chi connectivity index (χ1) is 17.0. The zero-order valence-electron chi connectivity index (χ0n) is 19.5. The molecule has 4 aromatic carbocycles. The first kappa shape index (κ1) is 22.5. The number of carbonyl (C=O) groups excluding carboxylic acids is 1. The Labute approximate surface area is 203 Å². The summed E-state index contributed by atoms with van der Waals surface area (Å²) >= 11 is 0. The number of nitrogens with zero attached hydrogens (tertiary/aromatic N) is 1. The van der Waals surface area contributed by atoms with Gasteiger partial charge in [0.05, 0.1) is 12.7 Å². The number of para-hydroxylation sites is 1. The van der Waals surface area contributed by atoms with Crippen LogP contribution in [0.15, 0.2) is 91.0 Å². The van der Waals surface area contributed by atoms with Crippen molar-refractivity contribution < 1.29 is 18.7 Å². The van der Waals surface area contributed by atoms with E-state index in [1.54, 1.807) is 24.1 Å². The van der Waals surface area contributed by atoms with Gasteiger partial charge in [-0.2, -0.15) is 0 Å². The minimum absolute atomic E-state index is 0.0758. The van der Waals surface area contributed by atoms with Crippen molar-refractivity contribution in [3.05, 3.63) is 119 Å². The molecule has 0 spiro atoms. The summed E-state index contributed by atoms with van der Waals surface area (Å²) in [5.41, 5.74) is 5.02. The van der Waals surface area contributed by atoms with Crippen molar-refractivity contribution in [1.29, 1.82) is 0 Å². The van der Waals surface area contributed by atoms with E-state index < -0.39 is 6.17 Å². The number of hydrogen-bond donors (Lipinski definition) is 1. The van der Waals surface area contributed by atoms with Crippen LogP contribution in [0.5, 0.6) is 11.5 Å². The van der Waals surface area contributed by atoms with Gasteiger partial charge in [0.2, 0.25) is 0 Å². The molecule has 176 valence electrons. The SMILES string of the molecule is COc1ccc(C2Nc3ccccc3C(=O)N2c2ccc(C)cc2)cc1COc1ccc(F)cc1. The Bertz CT molecular complexity index is 1350. The maximum Gasteiger partial charge on any atom is 0.262 e. The molecule has 0 radical (unpaired) electrons. The summed E-state index contributed by atoms with van der Waals surface area (Å²) in [6.07, 6.45) is -0.435. The van der Waals surface area contributed by atoms with Crippen LogP contribution in [0, 0.1) is 12.7 Å². The zero-order valence-corrected chi connectivity index (χ0v) is 19.5. The van der Waals surface area contributed by atoms with Crippen LogP contribution in [0.25, 0.3) is 0 Å². The maximum absolute atomic E-state index is 13.6. The summed E-state index contributed by atoms with van der Waals surface area (Å²) in [7, 11) is 1.60. The number of anilines is 2. The van der Waals surface area contributed by atoms with Crippen LogP contribution in [-0.4, -0.2) is 13.0 Å². The number of aryl methyl sites for hydroxylation is 1. The predicted molar refractivity (Wildman–Crippen MR) is 135 cm³/mol. The zero-order chi connectivity index (χ0) is 24.4. The van der Waals surface area contributed by atoms with E-state index in [1.165, 1.54) is 12.1 Å². The van der Waals surface area contributed by atoms with Gasteiger partial charge >= 0.3 is 0 Å². The van der Waals surface area contributed by atoms with Crippen molar-refractivity contribution >= 4 is 17.3 Å². The summed E-state index contributed by atoms with van der Waals surface area (Å²) in [5.74, 6) is 0.829. The third-order valence-electron chi connectivity index (χ3n) is 6.07. The first-order valence-corrected chi connectivity index (χ1v) is 11.3. The number of amides is 1. The molecule has 1 amide bonds. The largest absolute Gasteiger partial charge is 0.496 e. The number of ether oxygens (including phenoxy) is 2. The maximum atomic E-state index is 13.6. The lowest BCUT2D eigenvalue weighted by atomic mass is 10.0. The van der Waals surface area contributed by atoms with Crippen molar-refractivity contribution in [3.63, 3.8) is 0 Å². The Morgan fingerprint density at radius 1 is 0.943 bits per heavy atom. The highest BCUT2D eigenvalue weighted by molar-refractivity contribution is 6.12. The van der Waals surface area contributed by atoms with Crippen LogP contribution in [-0.2, 0) is 6.61 Å². The molecular weight excluding hydrogens is 443 g/mol. The number of fused-ring (bicyclic) bond motifs is 1. The first-order valence-electron chi connectivity index (χ1n) is 11.3. The second kappa shape index (κ2) is 9.50. The molecule has 6 heteroatoms. The molecule has 0 aromatic heterocycles. The van der Waals surface area contributed by atoms with Crippen LogP contribution in [0.1, 0.15) is 33.2 Å². The van der Waals surface area contributed by atoms with Crippen LogP contribution in [0.2, 0.25) is 0 Å². The second-order valence-electron chi connectivity index (χ2n) is 8.42. The molecule has 0 aliphatic carbocycles. The van der Waals surface area contributed by atoms with E-state index in [1.807, 2.05) is 73.7 Å². The monoisotopic (exact) mass is 468 g/mol. The van der Waals surface area contributed by atoms with E-state index in [-0.39, 0.29) is 18.3 Å². The molecule has 1 unspecified atom stereocenters. The third-order valence-corrected chi connectivity index (χ3v) is 6.07. The van der Waals surface area contributed by atoms with E-state index in [9.17, 15) is 9.18 Å². The number of hydrogen-bond acceptors (Lipinski definition) is 4. The summed E-state index contributed by atoms with van der Waals surface area (Å²) in [4.78, 5) is 15.4. The fourth-order valence-electron chi connectivity index (χ4n) is 4.23. The topological polar surface area (TPSA) is 50.8 Å². The Kier molecular flexibility index (Phi) is 6.10. The molecule has 0 fully saturated rings. The molecule has 1 atom stereocenters. The summed E-state index contributed by atoms with van der Waals surface area (Å²) in [6, 6.07) is 27.1. The van der Waals surface area contributed by atoms with Crippen molar-refractivity contribution in [2.45, 2.75) is 19.7 Å². The number of rotatable bonds is 6. The van der Waals surface area contributed by atoms with Crippen LogP contribution >= 0.6 is 0 Å². The average molecular weight is 469 g/mol. The van der Waals surface area contributed by atoms with Gasteiger partial charge in [-0.1, -0.05) is 35.9 Å². The van der Waals surface area contributed by atoms with Gasteiger partial charge in [0.25, 0.3) is 5.91 Å². The van der Waals surface area contributed by atoms with E-state index >= 15 is 0 Å². The van der Waals surface area contributed by atoms with Gasteiger partial charge in [-0.25, -0.2) is 4.39 Å². The highest BCUT2D eigenvalue weighted by Crippen LogP contribution is 2.38. The van der Waals surface area contributed by atoms with E-state index in [0.717, 1.165) is 28.1 Å². The fourth-order valence-corrected chi connectivity index (χ4v) is 4.23. The van der Waals surface area contributed by atoms with Crippen LogP contribution in [0.3, 0.4) is 0 Å². The number of benzene rings is 4. The van der Waals surface area contributed by atoms with Gasteiger partial charge < -0.3 is 14.8 Å². The lowest BCUT2D eigenvalue weighted by Crippen LogP contribution is -2.43. The van der Waals surface area contributed by atoms with Gasteiger partial charge in [0, 0.05) is 16.9 Å². The van der Waals surface area contributed by atoms with Gasteiger partial charge in [0.15, 0.2) is 0 Å². The standard InChI is InChI=1S/C29H25FN2O3/c1-19-7-12-23(13-8-19)32-28(31-26-6-4-3-5-25(26)29(32)33)20-9-16-27(34-2)21(17-20)18-35-24-14-10-22(30)11-15-24/h3-17,28,31H,18H2,1-2H3. The van der Waals surface area contributed by atoms with Crippen molar-refractivity contribution in [2.75, 3.05) is 17.3 Å². The summed E-state index contributed by atoms with van der Waals surface area (Å²) in [6.45, 7) is 2.24. The van der Waals surface area contributed by atoms with E-state index in [4.69, 9.17) is 9.47 Å². The van der Waals surface area contributed by atoms with Crippen molar-refractivity contribution in [1.82, 2.24) is 0 Å². The quantitative estimate of drug-likeness (QED) is 0.351. The molecule has 1 aliphatic heterocycles. The van der Waals surface area contributed by atoms with Crippen LogP contribution in [0.4, 0.5) is 15.8 Å². The minimum atomic E-state index is -0.435. The molecule has 5 rings (SSSR count). The molecule has 0 saturated carbocycles. The highest BCUT2D eigenvalue weighted by atomic mass is 19.1. The van der Waals surface area contributed by atoms with E-state index in [2.05, 4.69) is 5.32 Å². The molecule has 5 nitrogen and oxygen atoms in total. The van der Waals surface area contributed by atoms with E-state index in [0.29, 0.717) is 17.1 Å². The Balaban J connectivity index is 1.52. The van der Waals surface area contributed by atoms with Crippen molar-refractivity contribution in [2.24, 2.45) is 0 Å². The minimum Gasteiger partial charge on any atom is -0.496 e. The molecule has 1 aliphatic rings. The molecule has 4 aromatic rings. The summed E-state index contributed by atoms with van der Waals surface area (Å²) in [5, 5.41) is 3.53. The Morgan fingerprint density at radius 2 is 1.69 bits per heavy atom. The predicted octanol–water partition coefficient (Wildman–Crippen LogP) is 6.49. The molecule has 35 heavy (non-hydrogen) atoms. The van der Waals surface area contributed by atoms with Gasteiger partial charge in [-0.15, -0.1) is 0 Å². The van der Waals surface area contributed by atoms with Crippen LogP contribution < -0.4 is 19.7 Å². The van der Waals surface area contributed by atoms with Gasteiger partial charge in [-0.05, 0) is 73.2 Å². The third kappa shape index (κ3) is 4.55. The molecule has 0 bridgehead atoms. The lowest BCUT2D eigenvalue weighted by Gasteiger charge is -2.38. The smallest absolute Gasteiger partial charge is 0.262 e. The Morgan fingerprint density at radius 3 is 2.43 bits per heavy atom. The van der Waals surface area contributed by atoms with Gasteiger partial charge in [0.1, 0.15) is 30.1 Å². The molecule has 0 saturated heterocycles. The molecule has 1 heterocycles. The number of nitrogens with one attached hydrogen (secondary N) is 1. The second-order valence-corrected chi connectivity index (χ2v) is 8.42. The average Bonchev–Trinajstić information content (AvgIpc) is 2.89. The normalized spacial score (nSPS) is 14.8. The Hall–Kier alpha value is -4.32. The summed E-state index contributed by atoms with van der Waals surface area (Å²) < 4.78 is 24.7. The van der Waals surface area contributed by atoms with Gasteiger partial charge in [-0.3, -0.25) is 9.69 Å².